The summed E-state index contributed by atoms with van der Waals surface area (Å²) >= 11 is 0. The van der Waals surface area contributed by atoms with Gasteiger partial charge in [-0.1, -0.05) is 6.92 Å². The summed E-state index contributed by atoms with van der Waals surface area (Å²) < 4.78 is 93.6. The number of amides is 1. The average molecular weight is 721 g/mol. The summed E-state index contributed by atoms with van der Waals surface area (Å²) in [6.45, 7) is 3.26. The molecule has 272 valence electrons. The molecule has 2 aliphatic rings. The Balaban J connectivity index is 1.52. The van der Waals surface area contributed by atoms with Crippen molar-refractivity contribution in [3.8, 4) is 6.07 Å². The highest BCUT2D eigenvalue weighted by Crippen LogP contribution is 2.43. The molecular formula is C34H34F6N6O5. The molecule has 1 saturated heterocycles. The van der Waals surface area contributed by atoms with Gasteiger partial charge in [-0.05, 0) is 66.8 Å². The fourth-order valence-electron chi connectivity index (χ4n) is 6.17. The van der Waals surface area contributed by atoms with Gasteiger partial charge in [-0.25, -0.2) is 14.8 Å². The normalized spacial score (nSPS) is 17.8. The van der Waals surface area contributed by atoms with Crippen LogP contribution in [0.15, 0.2) is 42.6 Å². The number of carboxylic acid groups (broad SMARTS) is 1. The van der Waals surface area contributed by atoms with Crippen molar-refractivity contribution in [2.24, 2.45) is 0 Å². The highest BCUT2D eigenvalue weighted by atomic mass is 19.4. The van der Waals surface area contributed by atoms with Crippen molar-refractivity contribution in [2.75, 3.05) is 48.0 Å². The molecule has 1 aromatic heterocycles. The van der Waals surface area contributed by atoms with Crippen LogP contribution in [0.5, 0.6) is 0 Å². The predicted molar refractivity (Wildman–Crippen MR) is 171 cm³/mol. The fourth-order valence-corrected chi connectivity index (χ4v) is 6.17. The molecule has 0 saturated carbocycles. The molecule has 0 bridgehead atoms. The van der Waals surface area contributed by atoms with Crippen LogP contribution in [0.4, 0.5) is 48.5 Å². The van der Waals surface area contributed by atoms with Crippen LogP contribution >= 0.6 is 0 Å². The van der Waals surface area contributed by atoms with Gasteiger partial charge in [0.15, 0.2) is 0 Å². The molecule has 5 rings (SSSR count). The summed E-state index contributed by atoms with van der Waals surface area (Å²) in [5.74, 6) is -1.08. The summed E-state index contributed by atoms with van der Waals surface area (Å²) in [6, 6.07) is 6.37. The number of hydrogen-bond donors (Lipinski definition) is 2. The van der Waals surface area contributed by atoms with E-state index >= 15 is 0 Å². The van der Waals surface area contributed by atoms with Crippen LogP contribution in [0, 0.1) is 11.3 Å². The van der Waals surface area contributed by atoms with E-state index in [-0.39, 0.29) is 60.6 Å². The highest BCUT2D eigenvalue weighted by Gasteiger charge is 2.39. The second-order valence-corrected chi connectivity index (χ2v) is 12.1. The number of nitriles is 1. The van der Waals surface area contributed by atoms with Gasteiger partial charge in [0.05, 0.1) is 71.9 Å². The Kier molecular flexibility index (Phi) is 11.2. The first kappa shape index (κ1) is 37.2. The van der Waals surface area contributed by atoms with Gasteiger partial charge in [-0.3, -0.25) is 9.69 Å². The number of alkyl halides is 6. The van der Waals surface area contributed by atoms with Crippen LogP contribution in [0.3, 0.4) is 0 Å². The molecule has 11 nitrogen and oxygen atoms in total. The number of rotatable bonds is 10. The fraction of sp³-hybridized carbons (Fsp3) is 0.441. The third-order valence-electron chi connectivity index (χ3n) is 8.61. The van der Waals surface area contributed by atoms with Gasteiger partial charge in [-0.2, -0.15) is 31.6 Å². The predicted octanol–water partition coefficient (Wildman–Crippen LogP) is 6.96. The first-order chi connectivity index (χ1) is 24.2. The minimum Gasteiger partial charge on any atom is -0.481 e. The van der Waals surface area contributed by atoms with Crippen LogP contribution in [0.25, 0.3) is 0 Å². The van der Waals surface area contributed by atoms with E-state index in [4.69, 9.17) is 14.6 Å². The Morgan fingerprint density at radius 2 is 1.78 bits per heavy atom. The SMILES string of the molecule is CC[C@@H]1C[C@H](Nc2ncc(N3CCOCC3)c(Cc3cc(C#N)cc(C(F)(F)F)c3)n2)c2cc(C(F)(F)F)ccc2N1C(=O)OCCCC(=O)O. The zero-order chi connectivity index (χ0) is 36.9. The zero-order valence-corrected chi connectivity index (χ0v) is 27.4. The summed E-state index contributed by atoms with van der Waals surface area (Å²) in [5.41, 5.74) is -0.873. The zero-order valence-electron chi connectivity index (χ0n) is 27.4. The summed E-state index contributed by atoms with van der Waals surface area (Å²) in [7, 11) is 0. The summed E-state index contributed by atoms with van der Waals surface area (Å²) in [6.07, 6.45) is -8.58. The minimum absolute atomic E-state index is 0.0117. The van der Waals surface area contributed by atoms with Gasteiger partial charge in [0.25, 0.3) is 0 Å². The van der Waals surface area contributed by atoms with E-state index in [1.165, 1.54) is 23.2 Å². The lowest BCUT2D eigenvalue weighted by Gasteiger charge is -2.40. The van der Waals surface area contributed by atoms with Gasteiger partial charge in [0.1, 0.15) is 0 Å². The molecule has 2 atom stereocenters. The van der Waals surface area contributed by atoms with Crippen molar-refractivity contribution in [3.63, 3.8) is 0 Å². The van der Waals surface area contributed by atoms with Gasteiger partial charge >= 0.3 is 24.4 Å². The standard InChI is InChI=1S/C34H34F6N6O5/c1-2-24-17-26(25-16-22(33(35,36)37)5-6-28(25)46(24)32(49)51-9-3-4-30(47)48)43-31-42-19-29(45-7-10-50-11-8-45)27(44-31)15-20-12-21(18-41)14-23(13-20)34(38,39)40/h5-6,12-14,16,19,24,26H,2-4,7-11,15,17H2,1H3,(H,47,48)(H,42,43,44)/t24-,26+/m1/s1. The summed E-state index contributed by atoms with van der Waals surface area (Å²) in [4.78, 5) is 36.4. The highest BCUT2D eigenvalue weighted by molar-refractivity contribution is 5.90. The molecule has 0 unspecified atom stereocenters. The summed E-state index contributed by atoms with van der Waals surface area (Å²) in [5, 5.41) is 21.4. The number of carbonyl (C=O) groups excluding carboxylic acids is 1. The number of ether oxygens (including phenoxy) is 2. The van der Waals surface area contributed by atoms with Gasteiger partial charge < -0.3 is 24.8 Å². The number of fused-ring (bicyclic) bond motifs is 1. The first-order valence-corrected chi connectivity index (χ1v) is 16.1. The van der Waals surface area contributed by atoms with Crippen LogP contribution in [-0.4, -0.2) is 66.1 Å². The van der Waals surface area contributed by atoms with Crippen molar-refractivity contribution >= 4 is 29.4 Å². The number of aliphatic carboxylic acids is 1. The largest absolute Gasteiger partial charge is 0.481 e. The quantitative estimate of drug-likeness (QED) is 0.167. The molecule has 17 heteroatoms. The number of carboxylic acids is 1. The van der Waals surface area contributed by atoms with Crippen molar-refractivity contribution in [3.05, 3.63) is 76.1 Å². The third-order valence-corrected chi connectivity index (χ3v) is 8.61. The maximum atomic E-state index is 13.9. The second-order valence-electron chi connectivity index (χ2n) is 12.1. The Morgan fingerprint density at radius 1 is 1.06 bits per heavy atom. The number of halogens is 6. The lowest BCUT2D eigenvalue weighted by atomic mass is 9.89. The Bertz CT molecular complexity index is 1790. The lowest BCUT2D eigenvalue weighted by Crippen LogP contribution is -2.46. The molecule has 1 amide bonds. The topological polar surface area (TPSA) is 141 Å². The number of hydrogen-bond acceptors (Lipinski definition) is 9. The third kappa shape index (κ3) is 8.98. The minimum atomic E-state index is -4.71. The molecular weight excluding hydrogens is 686 g/mol. The maximum absolute atomic E-state index is 13.9. The second kappa shape index (κ2) is 15.4. The van der Waals surface area contributed by atoms with E-state index in [0.29, 0.717) is 44.1 Å². The number of benzene rings is 2. The number of carbonyl (C=O) groups is 2. The molecule has 0 aliphatic carbocycles. The smallest absolute Gasteiger partial charge is 0.416 e. The van der Waals surface area contributed by atoms with E-state index in [0.717, 1.165) is 24.3 Å². The van der Waals surface area contributed by atoms with Gasteiger partial charge in [0, 0.05) is 32.0 Å². The number of anilines is 3. The molecule has 0 radical (unpaired) electrons. The van der Waals surface area contributed by atoms with E-state index in [2.05, 4.69) is 15.3 Å². The molecule has 1 fully saturated rings. The van der Waals surface area contributed by atoms with E-state index in [1.807, 2.05) is 4.90 Å². The van der Waals surface area contributed by atoms with Crippen LogP contribution < -0.4 is 15.1 Å². The number of nitrogens with one attached hydrogen (secondary N) is 1. The molecule has 3 heterocycles. The van der Waals surface area contributed by atoms with E-state index < -0.39 is 47.6 Å². The molecule has 2 N–H and O–H groups in total. The molecule has 51 heavy (non-hydrogen) atoms. The van der Waals surface area contributed by atoms with Gasteiger partial charge in [0.2, 0.25) is 5.95 Å². The van der Waals surface area contributed by atoms with Crippen molar-refractivity contribution < 1.29 is 50.5 Å². The monoisotopic (exact) mass is 720 g/mol. The van der Waals surface area contributed by atoms with Crippen molar-refractivity contribution in [2.45, 2.75) is 63.5 Å². The number of morpholine rings is 1. The maximum Gasteiger partial charge on any atom is 0.416 e. The molecule has 0 spiro atoms. The number of nitrogens with zero attached hydrogens (tertiary/aromatic N) is 5. The molecule has 2 aliphatic heterocycles. The lowest BCUT2D eigenvalue weighted by molar-refractivity contribution is -0.138. The van der Waals surface area contributed by atoms with Crippen LogP contribution in [0.1, 0.15) is 72.2 Å². The van der Waals surface area contributed by atoms with E-state index in [9.17, 15) is 41.2 Å². The number of aromatic nitrogens is 2. The Hall–Kier alpha value is -5.11. The Morgan fingerprint density at radius 3 is 2.43 bits per heavy atom. The molecule has 3 aromatic rings. The van der Waals surface area contributed by atoms with E-state index in [1.54, 1.807) is 13.0 Å². The average Bonchev–Trinajstić information content (AvgIpc) is 3.09. The first-order valence-electron chi connectivity index (χ1n) is 16.1. The molecule has 2 aromatic carbocycles. The Labute approximate surface area is 288 Å². The van der Waals surface area contributed by atoms with Crippen molar-refractivity contribution in [1.82, 2.24) is 9.97 Å². The van der Waals surface area contributed by atoms with Crippen LogP contribution in [-0.2, 0) is 33.0 Å². The van der Waals surface area contributed by atoms with Crippen LogP contribution in [0.2, 0.25) is 0 Å². The van der Waals surface area contributed by atoms with Gasteiger partial charge in [-0.15, -0.1) is 0 Å². The van der Waals surface area contributed by atoms with Crippen molar-refractivity contribution in [1.29, 1.82) is 5.26 Å².